The molecule has 3 N–H and O–H groups in total. The van der Waals surface area contributed by atoms with Gasteiger partial charge in [0.05, 0.1) is 30.2 Å². The number of aromatic amines is 1. The van der Waals surface area contributed by atoms with Gasteiger partial charge in [0.25, 0.3) is 0 Å². The van der Waals surface area contributed by atoms with Crippen molar-refractivity contribution in [3.05, 3.63) is 58.1 Å². The van der Waals surface area contributed by atoms with E-state index in [0.29, 0.717) is 0 Å². The van der Waals surface area contributed by atoms with Gasteiger partial charge < -0.3 is 15.2 Å². The summed E-state index contributed by atoms with van der Waals surface area (Å²) in [7, 11) is 0. The van der Waals surface area contributed by atoms with Gasteiger partial charge >= 0.3 is 5.97 Å². The standard InChI is InChI=1S/C17H14F2N4O3/c1-2-25-12(24)6-11-14-13(8-4-3-5-10(18)15(8)19)9(7-20)16(21)26-17(14)23-22-11/h3-5,13H,2,6,21H2,1H3,(H,22,23). The van der Waals surface area contributed by atoms with Crippen molar-refractivity contribution in [2.24, 2.45) is 5.73 Å². The van der Waals surface area contributed by atoms with Crippen LogP contribution in [-0.4, -0.2) is 22.8 Å². The van der Waals surface area contributed by atoms with Crippen molar-refractivity contribution in [2.45, 2.75) is 19.3 Å². The molecule has 0 bridgehead atoms. The number of fused-ring (bicyclic) bond motifs is 1. The van der Waals surface area contributed by atoms with Gasteiger partial charge in [-0.15, -0.1) is 5.10 Å². The van der Waals surface area contributed by atoms with Crippen molar-refractivity contribution in [2.75, 3.05) is 6.61 Å². The Morgan fingerprint density at radius 2 is 2.27 bits per heavy atom. The number of carbonyl (C=O) groups is 1. The Balaban J connectivity index is 2.17. The number of benzene rings is 1. The third kappa shape index (κ3) is 2.86. The zero-order valence-electron chi connectivity index (χ0n) is 13.7. The molecule has 3 rings (SSSR count). The molecule has 1 aromatic carbocycles. The maximum absolute atomic E-state index is 14.4. The average Bonchev–Trinajstić information content (AvgIpc) is 2.98. The first-order valence-corrected chi connectivity index (χ1v) is 7.72. The lowest BCUT2D eigenvalue weighted by molar-refractivity contribution is -0.142. The van der Waals surface area contributed by atoms with Gasteiger partial charge in [-0.05, 0) is 13.0 Å². The number of halogens is 2. The van der Waals surface area contributed by atoms with Crippen molar-refractivity contribution in [1.82, 2.24) is 10.2 Å². The number of H-pyrrole nitrogens is 1. The van der Waals surface area contributed by atoms with Crippen LogP contribution in [0.5, 0.6) is 5.88 Å². The molecule has 0 radical (unpaired) electrons. The highest BCUT2D eigenvalue weighted by atomic mass is 19.2. The zero-order valence-corrected chi connectivity index (χ0v) is 13.7. The number of hydrogen-bond donors (Lipinski definition) is 2. The number of allylic oxidation sites excluding steroid dienone is 1. The van der Waals surface area contributed by atoms with E-state index in [-0.39, 0.29) is 47.2 Å². The maximum atomic E-state index is 14.4. The normalized spacial score (nSPS) is 15.8. The highest BCUT2D eigenvalue weighted by molar-refractivity contribution is 5.73. The summed E-state index contributed by atoms with van der Waals surface area (Å²) in [5.41, 5.74) is 6.05. The molecule has 1 aliphatic rings. The van der Waals surface area contributed by atoms with Gasteiger partial charge in [0.15, 0.2) is 11.6 Å². The topological polar surface area (TPSA) is 114 Å². The summed E-state index contributed by atoms with van der Waals surface area (Å²) in [5, 5.41) is 16.0. The first-order valence-electron chi connectivity index (χ1n) is 7.72. The monoisotopic (exact) mass is 360 g/mol. The second kappa shape index (κ2) is 6.84. The SMILES string of the molecule is CCOC(=O)Cc1[nH]nc2c1C(c1cccc(F)c1F)C(C#N)=C(N)O2. The van der Waals surface area contributed by atoms with Crippen molar-refractivity contribution >= 4 is 5.97 Å². The largest absolute Gasteiger partial charge is 0.466 e. The third-order valence-electron chi connectivity index (χ3n) is 3.94. The lowest BCUT2D eigenvalue weighted by atomic mass is 9.83. The second-order valence-corrected chi connectivity index (χ2v) is 5.47. The summed E-state index contributed by atoms with van der Waals surface area (Å²) in [6.07, 6.45) is -0.203. The predicted octanol–water partition coefficient (Wildman–Crippen LogP) is 2.01. The fourth-order valence-corrected chi connectivity index (χ4v) is 2.85. The first kappa shape index (κ1) is 17.4. The van der Waals surface area contributed by atoms with Crippen LogP contribution in [0.3, 0.4) is 0 Å². The molecule has 26 heavy (non-hydrogen) atoms. The van der Waals surface area contributed by atoms with Crippen LogP contribution in [0.4, 0.5) is 8.78 Å². The molecule has 0 saturated carbocycles. The zero-order chi connectivity index (χ0) is 18.8. The molecule has 2 aromatic rings. The third-order valence-corrected chi connectivity index (χ3v) is 3.94. The minimum atomic E-state index is -1.12. The van der Waals surface area contributed by atoms with Gasteiger partial charge in [0, 0.05) is 5.56 Å². The Labute approximate surface area is 147 Å². The Morgan fingerprint density at radius 3 is 2.96 bits per heavy atom. The van der Waals surface area contributed by atoms with Crippen LogP contribution in [-0.2, 0) is 16.0 Å². The molecule has 9 heteroatoms. The summed E-state index contributed by atoms with van der Waals surface area (Å²) in [6, 6.07) is 5.49. The molecule has 0 fully saturated rings. The maximum Gasteiger partial charge on any atom is 0.311 e. The van der Waals surface area contributed by atoms with Crippen LogP contribution < -0.4 is 10.5 Å². The van der Waals surface area contributed by atoms with E-state index >= 15 is 0 Å². The number of carbonyl (C=O) groups excluding carboxylic acids is 1. The summed E-state index contributed by atoms with van der Waals surface area (Å²) in [6.45, 7) is 1.84. The Bertz CT molecular complexity index is 946. The molecule has 0 saturated heterocycles. The minimum Gasteiger partial charge on any atom is -0.466 e. The van der Waals surface area contributed by atoms with Crippen LogP contribution in [0.25, 0.3) is 0 Å². The van der Waals surface area contributed by atoms with E-state index in [1.165, 1.54) is 12.1 Å². The van der Waals surface area contributed by atoms with Crippen LogP contribution >= 0.6 is 0 Å². The van der Waals surface area contributed by atoms with Gasteiger partial charge in [-0.25, -0.2) is 8.78 Å². The van der Waals surface area contributed by atoms with Crippen LogP contribution in [0.2, 0.25) is 0 Å². The summed E-state index contributed by atoms with van der Waals surface area (Å²) in [4.78, 5) is 11.8. The minimum absolute atomic E-state index is 0.00513. The van der Waals surface area contributed by atoms with Crippen molar-refractivity contribution in [1.29, 1.82) is 5.26 Å². The van der Waals surface area contributed by atoms with Gasteiger partial charge in [-0.3, -0.25) is 9.89 Å². The molecule has 2 heterocycles. The highest BCUT2D eigenvalue weighted by Crippen LogP contribution is 2.43. The molecule has 1 aromatic heterocycles. The number of aromatic nitrogens is 2. The molecular formula is C17H14F2N4O3. The number of hydrogen-bond acceptors (Lipinski definition) is 6. The summed E-state index contributed by atoms with van der Waals surface area (Å²) in [5.74, 6) is -4.06. The molecule has 0 spiro atoms. The van der Waals surface area contributed by atoms with E-state index in [9.17, 15) is 18.8 Å². The molecule has 7 nitrogen and oxygen atoms in total. The smallest absolute Gasteiger partial charge is 0.311 e. The summed E-state index contributed by atoms with van der Waals surface area (Å²) >= 11 is 0. The number of ether oxygens (including phenoxy) is 2. The fraction of sp³-hybridized carbons (Fsp3) is 0.235. The van der Waals surface area contributed by atoms with Crippen molar-refractivity contribution in [3.63, 3.8) is 0 Å². The van der Waals surface area contributed by atoms with Gasteiger partial charge in [0.2, 0.25) is 11.8 Å². The number of nitriles is 1. The number of nitrogens with two attached hydrogens (primary N) is 1. The number of nitrogens with one attached hydrogen (secondary N) is 1. The lowest BCUT2D eigenvalue weighted by Crippen LogP contribution is -2.22. The Hall–Kier alpha value is -3.41. The van der Waals surface area contributed by atoms with Crippen LogP contribution in [0, 0.1) is 23.0 Å². The van der Waals surface area contributed by atoms with E-state index in [2.05, 4.69) is 10.2 Å². The van der Waals surface area contributed by atoms with Gasteiger partial charge in [-0.1, -0.05) is 12.1 Å². The van der Waals surface area contributed by atoms with E-state index in [0.717, 1.165) is 6.07 Å². The molecule has 1 aliphatic heterocycles. The number of esters is 1. The molecule has 1 unspecified atom stereocenters. The Kier molecular flexibility index (Phi) is 4.58. The molecule has 134 valence electrons. The fourth-order valence-electron chi connectivity index (χ4n) is 2.85. The van der Waals surface area contributed by atoms with E-state index < -0.39 is 23.5 Å². The second-order valence-electron chi connectivity index (χ2n) is 5.47. The molecular weight excluding hydrogens is 346 g/mol. The van der Waals surface area contributed by atoms with E-state index in [4.69, 9.17) is 15.2 Å². The van der Waals surface area contributed by atoms with Crippen molar-refractivity contribution in [3.8, 4) is 11.9 Å². The van der Waals surface area contributed by atoms with E-state index in [1.54, 1.807) is 6.92 Å². The van der Waals surface area contributed by atoms with Crippen molar-refractivity contribution < 1.29 is 23.0 Å². The van der Waals surface area contributed by atoms with Crippen LogP contribution in [0.1, 0.15) is 29.7 Å². The molecule has 0 amide bonds. The van der Waals surface area contributed by atoms with Crippen LogP contribution in [0.15, 0.2) is 29.7 Å². The first-order chi connectivity index (χ1) is 12.5. The van der Waals surface area contributed by atoms with Gasteiger partial charge in [-0.2, -0.15) is 5.26 Å². The quantitative estimate of drug-likeness (QED) is 0.806. The lowest BCUT2D eigenvalue weighted by Gasteiger charge is -2.24. The number of nitrogens with zero attached hydrogens (tertiary/aromatic N) is 2. The average molecular weight is 360 g/mol. The predicted molar refractivity (Wildman–Crippen MR) is 84.6 cm³/mol. The number of rotatable bonds is 4. The highest BCUT2D eigenvalue weighted by Gasteiger charge is 2.37. The molecule has 0 aliphatic carbocycles. The Morgan fingerprint density at radius 1 is 1.50 bits per heavy atom. The molecule has 1 atom stereocenters. The van der Waals surface area contributed by atoms with E-state index in [1.807, 2.05) is 6.07 Å². The van der Waals surface area contributed by atoms with Gasteiger partial charge in [0.1, 0.15) is 11.6 Å². The summed E-state index contributed by atoms with van der Waals surface area (Å²) < 4.78 is 38.4.